The van der Waals surface area contributed by atoms with Crippen LogP contribution < -0.4 is 5.73 Å². The topological polar surface area (TPSA) is 56.7 Å². The van der Waals surface area contributed by atoms with Crippen molar-refractivity contribution in [3.05, 3.63) is 24.3 Å². The van der Waals surface area contributed by atoms with E-state index in [0.717, 1.165) is 12.1 Å². The van der Waals surface area contributed by atoms with Crippen molar-refractivity contribution in [3.8, 4) is 0 Å². The lowest BCUT2D eigenvalue weighted by molar-refractivity contribution is 0.364. The molecule has 0 aromatic carbocycles. The normalized spacial score (nSPS) is 23.6. The largest absolute Gasteiger partial charge is 0.330 e. The minimum atomic E-state index is 0.0210. The summed E-state index contributed by atoms with van der Waals surface area (Å²) >= 11 is 0. The Kier molecular flexibility index (Phi) is 3.28. The molecule has 0 saturated heterocycles. The molecule has 1 fully saturated rings. The van der Waals surface area contributed by atoms with Gasteiger partial charge in [-0.05, 0) is 52.1 Å². The highest BCUT2D eigenvalue weighted by molar-refractivity contribution is 5.75. The minimum Gasteiger partial charge on any atom is -0.330 e. The third kappa shape index (κ3) is 2.12. The third-order valence-electron chi connectivity index (χ3n) is 4.45. The molecule has 2 unspecified atom stereocenters. The summed E-state index contributed by atoms with van der Waals surface area (Å²) in [4.78, 5) is 9.12. The van der Waals surface area contributed by atoms with E-state index in [4.69, 9.17) is 10.7 Å². The summed E-state index contributed by atoms with van der Waals surface area (Å²) in [6.45, 7) is 7.48. The zero-order chi connectivity index (χ0) is 14.3. The van der Waals surface area contributed by atoms with Crippen LogP contribution in [0, 0.1) is 5.92 Å². The number of hydrogen-bond donors (Lipinski definition) is 1. The van der Waals surface area contributed by atoms with E-state index in [-0.39, 0.29) is 5.54 Å². The lowest BCUT2D eigenvalue weighted by Crippen LogP contribution is -2.28. The van der Waals surface area contributed by atoms with Gasteiger partial charge in [0.05, 0.1) is 11.7 Å². The second-order valence-corrected chi connectivity index (χ2v) is 6.87. The van der Waals surface area contributed by atoms with Crippen LogP contribution in [0.1, 0.15) is 51.8 Å². The number of rotatable bonds is 2. The van der Waals surface area contributed by atoms with Gasteiger partial charge in [-0.3, -0.25) is 4.98 Å². The van der Waals surface area contributed by atoms with E-state index in [1.54, 1.807) is 0 Å². The summed E-state index contributed by atoms with van der Waals surface area (Å²) in [7, 11) is 0. The van der Waals surface area contributed by atoms with Crippen LogP contribution in [0.15, 0.2) is 18.5 Å². The number of nitrogens with zero attached hydrogens (tertiary/aromatic N) is 3. The molecule has 0 aliphatic heterocycles. The monoisotopic (exact) mass is 272 g/mol. The number of imidazole rings is 1. The van der Waals surface area contributed by atoms with Crippen molar-refractivity contribution in [3.63, 3.8) is 0 Å². The standard InChI is InChI=1S/C16H24N4/c1-16(2,3)20-14-7-8-18-10-13(14)19-15(20)12-6-4-5-11(12)9-17/h7-8,10-12H,4-6,9,17H2,1-3H3. The van der Waals surface area contributed by atoms with Crippen molar-refractivity contribution < 1.29 is 0 Å². The van der Waals surface area contributed by atoms with Gasteiger partial charge in [0.15, 0.2) is 0 Å². The zero-order valence-corrected chi connectivity index (χ0v) is 12.6. The Bertz CT molecular complexity index is 608. The van der Waals surface area contributed by atoms with Gasteiger partial charge in [0, 0.05) is 17.7 Å². The molecule has 2 aromatic rings. The Morgan fingerprint density at radius 2 is 2.15 bits per heavy atom. The second-order valence-electron chi connectivity index (χ2n) is 6.87. The summed E-state index contributed by atoms with van der Waals surface area (Å²) in [6, 6.07) is 2.07. The molecule has 0 amide bonds. The summed E-state index contributed by atoms with van der Waals surface area (Å²) in [5, 5.41) is 0. The zero-order valence-electron chi connectivity index (χ0n) is 12.6. The smallest absolute Gasteiger partial charge is 0.113 e. The molecule has 108 valence electrons. The Balaban J connectivity index is 2.19. The Morgan fingerprint density at radius 1 is 1.35 bits per heavy atom. The molecule has 2 aromatic heterocycles. The molecular weight excluding hydrogens is 248 g/mol. The van der Waals surface area contributed by atoms with Crippen molar-refractivity contribution in [2.24, 2.45) is 11.7 Å². The van der Waals surface area contributed by atoms with Crippen LogP contribution in [0.4, 0.5) is 0 Å². The van der Waals surface area contributed by atoms with Crippen LogP contribution in [-0.4, -0.2) is 21.1 Å². The van der Waals surface area contributed by atoms with E-state index in [2.05, 4.69) is 36.4 Å². The highest BCUT2D eigenvalue weighted by atomic mass is 15.1. The maximum Gasteiger partial charge on any atom is 0.113 e. The van der Waals surface area contributed by atoms with Crippen LogP contribution in [0.5, 0.6) is 0 Å². The van der Waals surface area contributed by atoms with Crippen LogP contribution in [-0.2, 0) is 5.54 Å². The maximum absolute atomic E-state index is 5.97. The van der Waals surface area contributed by atoms with Crippen molar-refractivity contribution in [2.75, 3.05) is 6.54 Å². The van der Waals surface area contributed by atoms with Crippen LogP contribution in [0.3, 0.4) is 0 Å². The first-order chi connectivity index (χ1) is 9.52. The average Bonchev–Trinajstić information content (AvgIpc) is 3.01. The average molecular weight is 272 g/mol. The van der Waals surface area contributed by atoms with E-state index < -0.39 is 0 Å². The molecule has 1 saturated carbocycles. The SMILES string of the molecule is CC(C)(C)n1c(C2CCCC2CN)nc2cnccc21. The van der Waals surface area contributed by atoms with Gasteiger partial charge in [0.1, 0.15) is 11.3 Å². The van der Waals surface area contributed by atoms with E-state index in [0.29, 0.717) is 11.8 Å². The molecule has 0 spiro atoms. The van der Waals surface area contributed by atoms with Gasteiger partial charge < -0.3 is 10.3 Å². The van der Waals surface area contributed by atoms with Gasteiger partial charge in [0.2, 0.25) is 0 Å². The van der Waals surface area contributed by atoms with Gasteiger partial charge >= 0.3 is 0 Å². The first kappa shape index (κ1) is 13.6. The second kappa shape index (κ2) is 4.85. The fourth-order valence-electron chi connectivity index (χ4n) is 3.56. The highest BCUT2D eigenvalue weighted by Crippen LogP contribution is 2.41. The molecule has 2 atom stereocenters. The molecule has 20 heavy (non-hydrogen) atoms. The Hall–Kier alpha value is -1.42. The predicted octanol–water partition coefficient (Wildman–Crippen LogP) is 3.03. The lowest BCUT2D eigenvalue weighted by Gasteiger charge is -2.28. The number of nitrogens with two attached hydrogens (primary N) is 1. The summed E-state index contributed by atoms with van der Waals surface area (Å²) in [6.07, 6.45) is 7.41. The number of aromatic nitrogens is 3. The van der Waals surface area contributed by atoms with Crippen LogP contribution in [0.25, 0.3) is 11.0 Å². The van der Waals surface area contributed by atoms with Gasteiger partial charge in [0.25, 0.3) is 0 Å². The number of hydrogen-bond acceptors (Lipinski definition) is 3. The molecule has 2 heterocycles. The first-order valence-corrected chi connectivity index (χ1v) is 7.55. The van der Waals surface area contributed by atoms with Crippen molar-refractivity contribution in [1.29, 1.82) is 0 Å². The van der Waals surface area contributed by atoms with Crippen LogP contribution in [0.2, 0.25) is 0 Å². The molecule has 2 N–H and O–H groups in total. The molecule has 0 bridgehead atoms. The molecule has 1 aliphatic carbocycles. The molecular formula is C16H24N4. The van der Waals surface area contributed by atoms with Gasteiger partial charge in [-0.2, -0.15) is 0 Å². The van der Waals surface area contributed by atoms with E-state index in [1.807, 2.05) is 12.4 Å². The first-order valence-electron chi connectivity index (χ1n) is 7.55. The summed E-state index contributed by atoms with van der Waals surface area (Å²) in [5.74, 6) is 2.26. The van der Waals surface area contributed by atoms with Crippen molar-refractivity contribution >= 4 is 11.0 Å². The fourth-order valence-corrected chi connectivity index (χ4v) is 3.56. The Morgan fingerprint density at radius 3 is 2.85 bits per heavy atom. The molecule has 4 heteroatoms. The summed E-state index contributed by atoms with van der Waals surface area (Å²) in [5.41, 5.74) is 8.17. The van der Waals surface area contributed by atoms with Crippen molar-refractivity contribution in [1.82, 2.24) is 14.5 Å². The van der Waals surface area contributed by atoms with Gasteiger partial charge in [-0.15, -0.1) is 0 Å². The van der Waals surface area contributed by atoms with E-state index >= 15 is 0 Å². The van der Waals surface area contributed by atoms with Gasteiger partial charge in [-0.1, -0.05) is 6.42 Å². The third-order valence-corrected chi connectivity index (χ3v) is 4.45. The van der Waals surface area contributed by atoms with E-state index in [9.17, 15) is 0 Å². The highest BCUT2D eigenvalue weighted by Gasteiger charge is 2.34. The Labute approximate surface area is 120 Å². The lowest BCUT2D eigenvalue weighted by atomic mass is 9.94. The number of pyridine rings is 1. The van der Waals surface area contributed by atoms with Crippen LogP contribution >= 0.6 is 0 Å². The predicted molar refractivity (Wildman–Crippen MR) is 81.7 cm³/mol. The quantitative estimate of drug-likeness (QED) is 0.914. The minimum absolute atomic E-state index is 0.0210. The fraction of sp³-hybridized carbons (Fsp3) is 0.625. The molecule has 3 rings (SSSR count). The summed E-state index contributed by atoms with van der Waals surface area (Å²) < 4.78 is 2.39. The van der Waals surface area contributed by atoms with Gasteiger partial charge in [-0.25, -0.2) is 4.98 Å². The molecule has 4 nitrogen and oxygen atoms in total. The molecule has 0 radical (unpaired) electrons. The maximum atomic E-state index is 5.97. The van der Waals surface area contributed by atoms with Crippen molar-refractivity contribution in [2.45, 2.75) is 51.5 Å². The van der Waals surface area contributed by atoms with E-state index in [1.165, 1.54) is 30.6 Å². The number of fused-ring (bicyclic) bond motifs is 1. The molecule has 1 aliphatic rings.